The van der Waals surface area contributed by atoms with Gasteiger partial charge in [-0.1, -0.05) is 43.2 Å². The van der Waals surface area contributed by atoms with Crippen LogP contribution in [0.4, 0.5) is 11.4 Å². The standard InChI is InChI=1S/C41H47I2N3O10S2/c1-40(2)34(44(4)33-26-28(42)25-31(43)39(33)40)15-9-6-5-7-10-16-35-41(3,22-12-14-24-57(50,51)52)30-27-29(58(53,54)55)18-19-32(30)45(35)23-13-8-11-17-38(49)56-46-36(47)20-21-37(46)48/h5-7,9-10,15-16,18-19,25-27H,8,11-14,17,20-24H2,1-4H3,(H-,50,51,52,53,54,55)/p+1. The fourth-order valence-corrected chi connectivity index (χ4v) is 11.5. The number of amides is 2. The van der Waals surface area contributed by atoms with Crippen LogP contribution in [0, 0.1) is 7.14 Å². The Morgan fingerprint density at radius 3 is 2.24 bits per heavy atom. The van der Waals surface area contributed by atoms with Crippen LogP contribution >= 0.6 is 45.2 Å². The van der Waals surface area contributed by atoms with Gasteiger partial charge in [-0.2, -0.15) is 21.4 Å². The highest BCUT2D eigenvalue weighted by atomic mass is 127. The number of halogens is 2. The number of benzene rings is 2. The summed E-state index contributed by atoms with van der Waals surface area (Å²) >= 11 is 4.75. The predicted octanol–water partition coefficient (Wildman–Crippen LogP) is 7.70. The molecule has 17 heteroatoms. The van der Waals surface area contributed by atoms with Crippen molar-refractivity contribution in [2.75, 3.05) is 24.2 Å². The summed E-state index contributed by atoms with van der Waals surface area (Å²) in [5.41, 5.74) is 4.84. The smallest absolute Gasteiger partial charge is 0.333 e. The van der Waals surface area contributed by atoms with E-state index in [4.69, 9.17) is 4.84 Å². The van der Waals surface area contributed by atoms with E-state index in [2.05, 4.69) is 93.8 Å². The Hall–Kier alpha value is -3.24. The molecular formula is C41H48I2N3O10S2+. The molecule has 0 radical (unpaired) electrons. The summed E-state index contributed by atoms with van der Waals surface area (Å²) in [5, 5.41) is 0.533. The second kappa shape index (κ2) is 18.6. The molecule has 0 aliphatic carbocycles. The van der Waals surface area contributed by atoms with E-state index >= 15 is 0 Å². The van der Waals surface area contributed by atoms with Crippen LogP contribution in [0.3, 0.4) is 0 Å². The monoisotopic (exact) mass is 1060 g/mol. The molecule has 13 nitrogen and oxygen atoms in total. The normalized spacial score (nSPS) is 20.2. The van der Waals surface area contributed by atoms with Gasteiger partial charge in [-0.3, -0.25) is 18.7 Å². The lowest BCUT2D eigenvalue weighted by Crippen LogP contribution is -2.32. The number of carbonyl (C=O) groups is 3. The highest BCUT2D eigenvalue weighted by Crippen LogP contribution is 2.51. The van der Waals surface area contributed by atoms with Crippen molar-refractivity contribution in [1.29, 1.82) is 0 Å². The van der Waals surface area contributed by atoms with Crippen molar-refractivity contribution in [2.24, 2.45) is 0 Å². The molecule has 3 aliphatic heterocycles. The molecule has 2 N–H and O–H groups in total. The maximum atomic E-state index is 12.4. The second-order valence-corrected chi connectivity index (χ2v) is 20.7. The Bertz CT molecular complexity index is 2350. The number of carbonyl (C=O) groups excluding carboxylic acids is 3. The van der Waals surface area contributed by atoms with Crippen LogP contribution in [0.15, 0.2) is 83.5 Å². The first kappa shape index (κ1) is 45.8. The summed E-state index contributed by atoms with van der Waals surface area (Å²) in [7, 11) is -6.65. The summed E-state index contributed by atoms with van der Waals surface area (Å²) in [6.45, 7) is 6.86. The highest BCUT2D eigenvalue weighted by Gasteiger charge is 2.45. The lowest BCUT2D eigenvalue weighted by atomic mass is 9.77. The number of fused-ring (bicyclic) bond motifs is 2. The minimum atomic E-state index is -4.54. The Labute approximate surface area is 367 Å². The van der Waals surface area contributed by atoms with Gasteiger partial charge >= 0.3 is 5.97 Å². The van der Waals surface area contributed by atoms with Gasteiger partial charge in [0.15, 0.2) is 5.71 Å². The number of hydroxylamine groups is 2. The largest absolute Gasteiger partial charge is 0.344 e. The fraction of sp³-hybridized carbons (Fsp3) is 0.415. The zero-order valence-electron chi connectivity index (χ0n) is 32.8. The molecule has 1 atom stereocenters. The lowest BCUT2D eigenvalue weighted by Gasteiger charge is -2.30. The van der Waals surface area contributed by atoms with Crippen molar-refractivity contribution >= 4 is 100 Å². The van der Waals surface area contributed by atoms with Gasteiger partial charge < -0.3 is 9.74 Å². The molecule has 58 heavy (non-hydrogen) atoms. The molecule has 0 bridgehead atoms. The van der Waals surface area contributed by atoms with E-state index in [0.717, 1.165) is 11.4 Å². The van der Waals surface area contributed by atoms with Crippen molar-refractivity contribution in [3.05, 3.63) is 96.8 Å². The average Bonchev–Trinajstić information content (AvgIpc) is 3.64. The molecule has 3 aliphatic rings. The average molecular weight is 1060 g/mol. The number of allylic oxidation sites excluding steroid dienone is 8. The molecule has 312 valence electrons. The van der Waals surface area contributed by atoms with Gasteiger partial charge in [-0.15, -0.1) is 5.06 Å². The van der Waals surface area contributed by atoms with Crippen molar-refractivity contribution in [3.63, 3.8) is 0 Å². The Morgan fingerprint density at radius 1 is 0.897 bits per heavy atom. The summed E-state index contributed by atoms with van der Waals surface area (Å²) in [6, 6.07) is 8.82. The van der Waals surface area contributed by atoms with E-state index in [-0.39, 0.29) is 36.0 Å². The number of hydrogen-bond donors (Lipinski definition) is 2. The van der Waals surface area contributed by atoms with E-state index in [1.807, 2.05) is 43.4 Å². The van der Waals surface area contributed by atoms with Gasteiger partial charge in [-0.25, -0.2) is 4.79 Å². The number of anilines is 1. The van der Waals surface area contributed by atoms with Gasteiger partial charge in [0.05, 0.1) is 21.6 Å². The van der Waals surface area contributed by atoms with Gasteiger partial charge in [-0.05, 0) is 128 Å². The van der Waals surface area contributed by atoms with E-state index in [9.17, 15) is 40.3 Å². The first-order valence-corrected chi connectivity index (χ1v) is 24.1. The fourth-order valence-electron chi connectivity index (χ4n) is 7.91. The van der Waals surface area contributed by atoms with E-state index in [1.165, 1.54) is 36.2 Å². The SMILES string of the molecule is C[N+]1=C(/C=C/C=C/C=C/C=C2\N(CCCCCC(=O)ON3C(=O)CCC3=O)c3ccc(S(=O)(=O)O)cc3C2(C)CCCCS(=O)(=O)O)C(C)(C)c2c(I)cc(I)cc21. The molecule has 3 heterocycles. The summed E-state index contributed by atoms with van der Waals surface area (Å²) in [6.07, 6.45) is 16.3. The third kappa shape index (κ3) is 10.5. The van der Waals surface area contributed by atoms with Crippen molar-refractivity contribution < 1.29 is 49.7 Å². The van der Waals surface area contributed by atoms with E-state index < -0.39 is 49.2 Å². The first-order valence-electron chi connectivity index (χ1n) is 18.9. The van der Waals surface area contributed by atoms with Crippen molar-refractivity contribution in [2.45, 2.75) is 94.3 Å². The number of unbranched alkanes of at least 4 members (excludes halogenated alkanes) is 3. The third-order valence-electron chi connectivity index (χ3n) is 10.8. The van der Waals surface area contributed by atoms with Crippen molar-refractivity contribution in [1.82, 2.24) is 5.06 Å². The zero-order valence-corrected chi connectivity index (χ0v) is 38.7. The van der Waals surface area contributed by atoms with Crippen LogP contribution in [0.2, 0.25) is 0 Å². The highest BCUT2D eigenvalue weighted by molar-refractivity contribution is 14.1. The number of rotatable bonds is 17. The number of nitrogens with zero attached hydrogens (tertiary/aromatic N) is 3. The summed E-state index contributed by atoms with van der Waals surface area (Å²) < 4.78 is 71.5. The first-order chi connectivity index (χ1) is 27.1. The van der Waals surface area contributed by atoms with Gasteiger partial charge in [0.25, 0.3) is 32.1 Å². The topological polar surface area (TPSA) is 179 Å². The molecule has 2 amide bonds. The maximum Gasteiger partial charge on any atom is 0.333 e. The number of imide groups is 1. The second-order valence-electron chi connectivity index (χ2n) is 15.3. The van der Waals surface area contributed by atoms with E-state index in [0.29, 0.717) is 49.3 Å². The number of hydrogen-bond acceptors (Lipinski definition) is 9. The van der Waals surface area contributed by atoms with Crippen LogP contribution in [-0.4, -0.2) is 78.4 Å². The molecule has 1 saturated heterocycles. The minimum absolute atomic E-state index is 0.00169. The molecule has 0 aromatic heterocycles. The maximum absolute atomic E-state index is 12.4. The summed E-state index contributed by atoms with van der Waals surface area (Å²) in [4.78, 5) is 42.8. The van der Waals surface area contributed by atoms with Gasteiger partial charge in [0.1, 0.15) is 7.05 Å². The van der Waals surface area contributed by atoms with Gasteiger partial charge in [0, 0.05) is 61.9 Å². The van der Waals surface area contributed by atoms with Gasteiger partial charge in [0.2, 0.25) is 5.69 Å². The molecule has 1 fully saturated rings. The molecule has 0 saturated carbocycles. The molecular weight excluding hydrogens is 1010 g/mol. The third-order valence-corrected chi connectivity index (χ3v) is 13.9. The van der Waals surface area contributed by atoms with E-state index in [1.54, 1.807) is 6.07 Å². The molecule has 0 spiro atoms. The Kier molecular flexibility index (Phi) is 14.7. The Morgan fingerprint density at radius 2 is 1.57 bits per heavy atom. The van der Waals surface area contributed by atoms with Crippen LogP contribution in [-0.2, 0) is 50.3 Å². The van der Waals surface area contributed by atoms with Crippen LogP contribution in [0.25, 0.3) is 0 Å². The lowest BCUT2D eigenvalue weighted by molar-refractivity contribution is -0.401. The molecule has 1 unspecified atom stereocenters. The molecule has 5 rings (SSSR count). The molecule has 2 aromatic carbocycles. The Balaban J connectivity index is 1.37. The zero-order chi connectivity index (χ0) is 42.6. The van der Waals surface area contributed by atoms with Crippen LogP contribution in [0.5, 0.6) is 0 Å². The predicted molar refractivity (Wildman–Crippen MR) is 238 cm³/mol. The molecule has 2 aromatic rings. The van der Waals surface area contributed by atoms with Crippen molar-refractivity contribution in [3.8, 4) is 0 Å². The minimum Gasteiger partial charge on any atom is -0.344 e. The quantitative estimate of drug-likeness (QED) is 0.0396. The summed E-state index contributed by atoms with van der Waals surface area (Å²) in [5.74, 6) is -2.17. The van der Waals surface area contributed by atoms with Crippen LogP contribution < -0.4 is 4.90 Å². The van der Waals surface area contributed by atoms with Crippen LogP contribution in [0.1, 0.15) is 89.7 Å².